The lowest BCUT2D eigenvalue weighted by Crippen LogP contribution is -2.55. The molecule has 2 saturated heterocycles. The molecule has 2 unspecified atom stereocenters. The van der Waals surface area contributed by atoms with Crippen LogP contribution in [0.3, 0.4) is 0 Å². The zero-order valence-electron chi connectivity index (χ0n) is 10.9. The molecule has 3 rings (SSSR count). The number of nitrogens with one attached hydrogen (secondary N) is 1. The molecule has 0 saturated carbocycles. The molecule has 0 radical (unpaired) electrons. The molecule has 2 aliphatic heterocycles. The van der Waals surface area contributed by atoms with Crippen LogP contribution in [0, 0.1) is 0 Å². The normalized spacial score (nSPS) is 37.8. The molecule has 5 heteroatoms. The van der Waals surface area contributed by atoms with Gasteiger partial charge >= 0.3 is 0 Å². The highest BCUT2D eigenvalue weighted by Crippen LogP contribution is 2.41. The van der Waals surface area contributed by atoms with Gasteiger partial charge in [-0.3, -0.25) is 0 Å². The molecular formula is C13H20BrN3O. The maximum atomic E-state index is 5.96. The van der Waals surface area contributed by atoms with Gasteiger partial charge in [0.05, 0.1) is 11.2 Å². The van der Waals surface area contributed by atoms with Gasteiger partial charge in [0.1, 0.15) is 6.23 Å². The Morgan fingerprint density at radius 2 is 2.33 bits per heavy atom. The van der Waals surface area contributed by atoms with E-state index in [1.807, 2.05) is 0 Å². The fourth-order valence-electron chi connectivity index (χ4n) is 3.11. The molecular weight excluding hydrogens is 294 g/mol. The predicted molar refractivity (Wildman–Crippen MR) is 74.4 cm³/mol. The van der Waals surface area contributed by atoms with Crippen LogP contribution in [0.5, 0.6) is 0 Å². The van der Waals surface area contributed by atoms with Crippen molar-refractivity contribution in [3.05, 3.63) is 22.3 Å². The van der Waals surface area contributed by atoms with Crippen molar-refractivity contribution in [1.82, 2.24) is 15.6 Å². The van der Waals surface area contributed by atoms with E-state index in [1.165, 1.54) is 18.5 Å². The van der Waals surface area contributed by atoms with Crippen LogP contribution in [0.25, 0.3) is 0 Å². The van der Waals surface area contributed by atoms with Crippen molar-refractivity contribution in [1.29, 1.82) is 0 Å². The van der Waals surface area contributed by atoms with Gasteiger partial charge < -0.3 is 10.2 Å². The summed E-state index contributed by atoms with van der Waals surface area (Å²) in [5.74, 6) is 0. The maximum absolute atomic E-state index is 5.96. The Morgan fingerprint density at radius 1 is 1.50 bits per heavy atom. The molecule has 0 aromatic carbocycles. The van der Waals surface area contributed by atoms with Crippen molar-refractivity contribution < 1.29 is 4.74 Å². The number of halogens is 1. The van der Waals surface area contributed by atoms with Crippen LogP contribution >= 0.6 is 15.9 Å². The Bertz CT molecular complexity index is 403. The molecule has 4 nitrogen and oxygen atoms in total. The molecule has 0 spiro atoms. The van der Waals surface area contributed by atoms with Gasteiger partial charge in [-0.25, -0.2) is 0 Å². The zero-order valence-corrected chi connectivity index (χ0v) is 12.5. The molecule has 0 aromatic rings. The van der Waals surface area contributed by atoms with E-state index < -0.39 is 0 Å². The molecule has 0 bridgehead atoms. The number of nitrogens with zero attached hydrogens (tertiary/aromatic N) is 2. The second-order valence-electron chi connectivity index (χ2n) is 5.43. The van der Waals surface area contributed by atoms with E-state index in [4.69, 9.17) is 4.74 Å². The summed E-state index contributed by atoms with van der Waals surface area (Å²) in [6.07, 6.45) is 9.15. The van der Waals surface area contributed by atoms with Gasteiger partial charge in [-0.15, -0.1) is 0 Å². The highest BCUT2D eigenvalue weighted by Gasteiger charge is 2.49. The summed E-state index contributed by atoms with van der Waals surface area (Å²) in [5, 5.41) is 4.44. The number of hydrogen-bond donors (Lipinski definition) is 1. The zero-order chi connectivity index (χ0) is 12.8. The van der Waals surface area contributed by atoms with Crippen LogP contribution in [-0.4, -0.2) is 35.5 Å². The van der Waals surface area contributed by atoms with Gasteiger partial charge in [0, 0.05) is 18.1 Å². The first-order chi connectivity index (χ1) is 8.61. The Labute approximate surface area is 117 Å². The molecule has 2 atom stereocenters. The van der Waals surface area contributed by atoms with Gasteiger partial charge in [-0.2, -0.15) is 10.1 Å². The van der Waals surface area contributed by atoms with Crippen LogP contribution in [0.2, 0.25) is 0 Å². The highest BCUT2D eigenvalue weighted by molar-refractivity contribution is 9.11. The van der Waals surface area contributed by atoms with E-state index in [2.05, 4.69) is 57.6 Å². The van der Waals surface area contributed by atoms with Crippen molar-refractivity contribution in [3.63, 3.8) is 0 Å². The third kappa shape index (κ3) is 1.93. The lowest BCUT2D eigenvalue weighted by Gasteiger charge is -2.42. The summed E-state index contributed by atoms with van der Waals surface area (Å²) >= 11 is 3.56. The molecule has 0 aromatic heterocycles. The number of hydrazine groups is 2. The first-order valence-electron chi connectivity index (χ1n) is 6.60. The fourth-order valence-corrected chi connectivity index (χ4v) is 3.51. The van der Waals surface area contributed by atoms with Gasteiger partial charge in [0.2, 0.25) is 0 Å². The molecule has 1 N–H and O–H groups in total. The van der Waals surface area contributed by atoms with Crippen molar-refractivity contribution >= 4 is 15.9 Å². The van der Waals surface area contributed by atoms with Crippen molar-refractivity contribution in [2.24, 2.45) is 0 Å². The second-order valence-corrected chi connectivity index (χ2v) is 6.34. The van der Waals surface area contributed by atoms with E-state index in [-0.39, 0.29) is 11.8 Å². The average Bonchev–Trinajstić information content (AvgIpc) is 2.61. The summed E-state index contributed by atoms with van der Waals surface area (Å²) < 4.78 is 7.11. The standard InChI is InChI=1S/C13H20BrN3O/c1-13-7-6-10(14)9-11(13)15-16(2)17(13)12-5-3-4-8-18-12/h6,9,12,15H,3-5,7-8H2,1-2H3. The van der Waals surface area contributed by atoms with E-state index in [0.29, 0.717) is 0 Å². The van der Waals surface area contributed by atoms with Gasteiger partial charge in [0.25, 0.3) is 0 Å². The van der Waals surface area contributed by atoms with E-state index in [1.54, 1.807) is 0 Å². The maximum Gasteiger partial charge on any atom is 0.126 e. The minimum absolute atomic E-state index is 0.00593. The van der Waals surface area contributed by atoms with Gasteiger partial charge in [-0.1, -0.05) is 22.0 Å². The summed E-state index contributed by atoms with van der Waals surface area (Å²) in [6, 6.07) is 0. The molecule has 18 heavy (non-hydrogen) atoms. The Morgan fingerprint density at radius 3 is 3.06 bits per heavy atom. The van der Waals surface area contributed by atoms with Crippen molar-refractivity contribution in [2.45, 2.75) is 44.4 Å². The summed E-state index contributed by atoms with van der Waals surface area (Å²) in [4.78, 5) is 0. The Hall–Kier alpha value is -0.360. The summed E-state index contributed by atoms with van der Waals surface area (Å²) in [6.45, 7) is 3.16. The lowest BCUT2D eigenvalue weighted by atomic mass is 9.89. The first-order valence-corrected chi connectivity index (χ1v) is 7.40. The molecule has 1 aliphatic carbocycles. The molecule has 2 heterocycles. The fraction of sp³-hybridized carbons (Fsp3) is 0.692. The smallest absolute Gasteiger partial charge is 0.126 e. The van der Waals surface area contributed by atoms with E-state index >= 15 is 0 Å². The molecule has 2 fully saturated rings. The van der Waals surface area contributed by atoms with Crippen LogP contribution in [0.4, 0.5) is 0 Å². The van der Waals surface area contributed by atoms with E-state index in [9.17, 15) is 0 Å². The molecule has 0 amide bonds. The Kier molecular flexibility index (Phi) is 3.26. The summed E-state index contributed by atoms with van der Waals surface area (Å²) in [5.41, 5.74) is 4.68. The Balaban J connectivity index is 1.88. The predicted octanol–water partition coefficient (Wildman–Crippen LogP) is 2.51. The van der Waals surface area contributed by atoms with Crippen LogP contribution in [0.1, 0.15) is 32.6 Å². The molecule has 3 aliphatic rings. The number of rotatable bonds is 1. The minimum atomic E-state index is -0.00593. The summed E-state index contributed by atoms with van der Waals surface area (Å²) in [7, 11) is 2.07. The lowest BCUT2D eigenvalue weighted by molar-refractivity contribution is -0.195. The van der Waals surface area contributed by atoms with Crippen LogP contribution in [-0.2, 0) is 4.74 Å². The van der Waals surface area contributed by atoms with Crippen LogP contribution < -0.4 is 5.43 Å². The molecule has 100 valence electrons. The third-order valence-corrected chi connectivity index (χ3v) is 4.65. The van der Waals surface area contributed by atoms with Crippen molar-refractivity contribution in [2.75, 3.05) is 13.7 Å². The topological polar surface area (TPSA) is 27.7 Å². The quantitative estimate of drug-likeness (QED) is 0.805. The van der Waals surface area contributed by atoms with Crippen molar-refractivity contribution in [3.8, 4) is 0 Å². The minimum Gasteiger partial charge on any atom is -0.362 e. The number of fused-ring (bicyclic) bond motifs is 1. The van der Waals surface area contributed by atoms with Gasteiger partial charge in [-0.05, 0) is 38.7 Å². The SMILES string of the molecule is CN1NC2=CC(Br)=CCC2(C)N1C1CCCCO1. The number of hydrogen-bond acceptors (Lipinski definition) is 4. The van der Waals surface area contributed by atoms with Gasteiger partial charge in [0.15, 0.2) is 0 Å². The third-order valence-electron chi connectivity index (χ3n) is 4.10. The monoisotopic (exact) mass is 313 g/mol. The average molecular weight is 314 g/mol. The van der Waals surface area contributed by atoms with Crippen LogP contribution in [0.15, 0.2) is 22.3 Å². The number of allylic oxidation sites excluding steroid dienone is 2. The van der Waals surface area contributed by atoms with E-state index in [0.717, 1.165) is 23.9 Å². The highest BCUT2D eigenvalue weighted by atomic mass is 79.9. The second kappa shape index (κ2) is 4.63. The first kappa shape index (κ1) is 12.7. The largest absolute Gasteiger partial charge is 0.362 e. The number of ether oxygens (including phenoxy) is 1.